The smallest absolute Gasteiger partial charge is 0.358 e. The van der Waals surface area contributed by atoms with Crippen molar-refractivity contribution >= 4 is 17.5 Å². The number of anilines is 1. The summed E-state index contributed by atoms with van der Waals surface area (Å²) in [4.78, 5) is 32.6. The Kier molecular flexibility index (Phi) is 6.65. The molecule has 1 N–H and O–H groups in total. The van der Waals surface area contributed by atoms with Crippen molar-refractivity contribution in [3.05, 3.63) is 46.0 Å². The lowest BCUT2D eigenvalue weighted by molar-refractivity contribution is -0.389. The lowest BCUT2D eigenvalue weighted by Gasteiger charge is -2.19. The maximum atomic E-state index is 12.0. The average molecular weight is 360 g/mol. The van der Waals surface area contributed by atoms with Crippen LogP contribution in [0.3, 0.4) is 0 Å². The minimum Gasteiger partial charge on any atom is -0.358 e. The molecule has 0 atom stereocenters. The second kappa shape index (κ2) is 8.93. The van der Waals surface area contributed by atoms with Crippen LogP contribution in [-0.2, 0) is 17.9 Å². The second-order valence-corrected chi connectivity index (χ2v) is 5.82. The zero-order chi connectivity index (χ0) is 19.1. The lowest BCUT2D eigenvalue weighted by atomic mass is 10.2. The van der Waals surface area contributed by atoms with E-state index in [9.17, 15) is 14.9 Å². The van der Waals surface area contributed by atoms with Gasteiger partial charge in [-0.1, -0.05) is 6.07 Å². The molecule has 0 unspecified atom stereocenters. The van der Waals surface area contributed by atoms with Crippen LogP contribution < -0.4 is 10.2 Å². The molecule has 0 radical (unpaired) electrons. The quantitative estimate of drug-likeness (QED) is 0.542. The van der Waals surface area contributed by atoms with Crippen LogP contribution in [-0.4, -0.2) is 38.5 Å². The van der Waals surface area contributed by atoms with Crippen LogP contribution in [0.4, 0.5) is 11.6 Å². The van der Waals surface area contributed by atoms with Gasteiger partial charge in [-0.05, 0) is 35.4 Å². The van der Waals surface area contributed by atoms with Gasteiger partial charge in [-0.25, -0.2) is 4.98 Å². The molecule has 0 aliphatic carbocycles. The maximum Gasteiger partial charge on any atom is 0.381 e. The molecular formula is C17H24N6O3. The summed E-state index contributed by atoms with van der Waals surface area (Å²) in [6, 6.07) is 3.90. The number of aryl methyl sites for hydroxylation is 2. The zero-order valence-corrected chi connectivity index (χ0v) is 15.3. The molecule has 2 heterocycles. The lowest BCUT2D eigenvalue weighted by Crippen LogP contribution is -2.25. The van der Waals surface area contributed by atoms with Crippen molar-refractivity contribution in [3.8, 4) is 0 Å². The number of imidazole rings is 1. The van der Waals surface area contributed by atoms with Gasteiger partial charge in [0.1, 0.15) is 12.0 Å². The van der Waals surface area contributed by atoms with E-state index in [2.05, 4.69) is 34.0 Å². The standard InChI is InChI=1S/C17H24N6O3/c1-4-21(5-2)15-7-6-14(10-18-15)11-19-17(24)8-9-22-12-16(23(25)26)20-13(22)3/h6-7,10,12H,4-5,8-9,11H2,1-3H3,(H,19,24). The first-order valence-corrected chi connectivity index (χ1v) is 8.59. The Morgan fingerprint density at radius 3 is 2.62 bits per heavy atom. The molecule has 0 aromatic carbocycles. The predicted octanol–water partition coefficient (Wildman–Crippen LogP) is 2.05. The summed E-state index contributed by atoms with van der Waals surface area (Å²) in [5, 5.41) is 13.5. The fourth-order valence-electron chi connectivity index (χ4n) is 2.57. The molecule has 1 amide bonds. The van der Waals surface area contributed by atoms with E-state index in [1.165, 1.54) is 6.20 Å². The number of amides is 1. The van der Waals surface area contributed by atoms with Gasteiger partial charge in [0, 0.05) is 45.7 Å². The first-order valence-electron chi connectivity index (χ1n) is 8.59. The highest BCUT2D eigenvalue weighted by Gasteiger charge is 2.15. The van der Waals surface area contributed by atoms with E-state index in [-0.39, 0.29) is 18.1 Å². The number of pyridine rings is 1. The minimum absolute atomic E-state index is 0.131. The zero-order valence-electron chi connectivity index (χ0n) is 15.3. The van der Waals surface area contributed by atoms with Gasteiger partial charge < -0.3 is 24.9 Å². The van der Waals surface area contributed by atoms with Crippen LogP contribution in [0.2, 0.25) is 0 Å². The molecule has 0 saturated carbocycles. The topological polar surface area (TPSA) is 106 Å². The Morgan fingerprint density at radius 1 is 1.35 bits per heavy atom. The summed E-state index contributed by atoms with van der Waals surface area (Å²) in [6.07, 6.45) is 3.33. The first kappa shape index (κ1) is 19.4. The highest BCUT2D eigenvalue weighted by Crippen LogP contribution is 2.12. The highest BCUT2D eigenvalue weighted by molar-refractivity contribution is 5.75. The number of rotatable bonds is 9. The number of hydrogen-bond donors (Lipinski definition) is 1. The fraction of sp³-hybridized carbons (Fsp3) is 0.471. The summed E-state index contributed by atoms with van der Waals surface area (Å²) in [5.41, 5.74) is 0.920. The SMILES string of the molecule is CCN(CC)c1ccc(CNC(=O)CCn2cc([N+](=O)[O-])nc2C)cn1. The molecule has 26 heavy (non-hydrogen) atoms. The number of nitrogens with zero attached hydrogens (tertiary/aromatic N) is 5. The Hall–Kier alpha value is -2.97. The van der Waals surface area contributed by atoms with E-state index in [0.717, 1.165) is 24.5 Å². The van der Waals surface area contributed by atoms with E-state index < -0.39 is 4.92 Å². The van der Waals surface area contributed by atoms with Gasteiger partial charge in [-0.2, -0.15) is 0 Å². The summed E-state index contributed by atoms with van der Waals surface area (Å²) in [7, 11) is 0. The van der Waals surface area contributed by atoms with E-state index >= 15 is 0 Å². The molecule has 0 fully saturated rings. The van der Waals surface area contributed by atoms with Crippen LogP contribution in [0, 0.1) is 17.0 Å². The fourth-order valence-corrected chi connectivity index (χ4v) is 2.57. The van der Waals surface area contributed by atoms with Gasteiger partial charge in [-0.15, -0.1) is 0 Å². The molecule has 2 aromatic heterocycles. The molecule has 0 saturated heterocycles. The van der Waals surface area contributed by atoms with Crippen LogP contribution in [0.15, 0.2) is 24.5 Å². The maximum absolute atomic E-state index is 12.0. The Bertz CT molecular complexity index is 752. The van der Waals surface area contributed by atoms with Gasteiger partial charge in [0.05, 0.1) is 0 Å². The Morgan fingerprint density at radius 2 is 2.08 bits per heavy atom. The number of nitro groups is 1. The van der Waals surface area contributed by atoms with Crippen molar-refractivity contribution in [1.29, 1.82) is 0 Å². The van der Waals surface area contributed by atoms with Gasteiger partial charge in [0.2, 0.25) is 11.7 Å². The molecule has 0 aliphatic heterocycles. The van der Waals surface area contributed by atoms with Gasteiger partial charge in [0.25, 0.3) is 0 Å². The largest absolute Gasteiger partial charge is 0.381 e. The van der Waals surface area contributed by atoms with Crippen LogP contribution in [0.5, 0.6) is 0 Å². The molecule has 140 valence electrons. The van der Waals surface area contributed by atoms with Crippen molar-refractivity contribution in [3.63, 3.8) is 0 Å². The van der Waals surface area contributed by atoms with Gasteiger partial charge in [0.15, 0.2) is 0 Å². The third kappa shape index (κ3) is 5.01. The molecule has 2 rings (SSSR count). The van der Waals surface area contributed by atoms with Crippen molar-refractivity contribution in [2.75, 3.05) is 18.0 Å². The van der Waals surface area contributed by atoms with E-state index in [1.54, 1.807) is 17.7 Å². The molecule has 0 aliphatic rings. The van der Waals surface area contributed by atoms with Crippen LogP contribution in [0.25, 0.3) is 0 Å². The van der Waals surface area contributed by atoms with Crippen LogP contribution >= 0.6 is 0 Å². The predicted molar refractivity (Wildman–Crippen MR) is 97.9 cm³/mol. The molecule has 0 bridgehead atoms. The third-order valence-corrected chi connectivity index (χ3v) is 4.12. The van der Waals surface area contributed by atoms with E-state index in [1.807, 2.05) is 12.1 Å². The summed E-state index contributed by atoms with van der Waals surface area (Å²) >= 11 is 0. The van der Waals surface area contributed by atoms with E-state index in [0.29, 0.717) is 18.9 Å². The Balaban J connectivity index is 1.82. The van der Waals surface area contributed by atoms with Crippen molar-refractivity contribution in [2.45, 2.75) is 40.3 Å². The van der Waals surface area contributed by atoms with Crippen molar-refractivity contribution in [2.24, 2.45) is 0 Å². The summed E-state index contributed by atoms with van der Waals surface area (Å²) in [5.74, 6) is 1.10. The minimum atomic E-state index is -0.543. The average Bonchev–Trinajstić information content (AvgIpc) is 3.01. The molecule has 0 spiro atoms. The normalized spacial score (nSPS) is 10.6. The molecule has 2 aromatic rings. The monoisotopic (exact) mass is 360 g/mol. The number of carbonyl (C=O) groups excluding carboxylic acids is 1. The molecule has 9 heteroatoms. The van der Waals surface area contributed by atoms with Crippen molar-refractivity contribution < 1.29 is 9.72 Å². The number of nitrogens with one attached hydrogen (secondary N) is 1. The number of aromatic nitrogens is 3. The van der Waals surface area contributed by atoms with Gasteiger partial charge >= 0.3 is 5.82 Å². The second-order valence-electron chi connectivity index (χ2n) is 5.82. The number of hydrogen-bond acceptors (Lipinski definition) is 6. The Labute approximate surface area is 152 Å². The summed E-state index contributed by atoms with van der Waals surface area (Å²) < 4.78 is 1.61. The molecule has 9 nitrogen and oxygen atoms in total. The highest BCUT2D eigenvalue weighted by atomic mass is 16.6. The summed E-state index contributed by atoms with van der Waals surface area (Å²) in [6.45, 7) is 8.36. The van der Waals surface area contributed by atoms with E-state index in [4.69, 9.17) is 0 Å². The van der Waals surface area contributed by atoms with Crippen molar-refractivity contribution in [1.82, 2.24) is 19.9 Å². The number of carbonyl (C=O) groups is 1. The molecular weight excluding hydrogens is 336 g/mol. The third-order valence-electron chi connectivity index (χ3n) is 4.12. The van der Waals surface area contributed by atoms with Gasteiger partial charge in [-0.3, -0.25) is 4.79 Å². The first-order chi connectivity index (χ1) is 12.4. The van der Waals surface area contributed by atoms with Crippen LogP contribution in [0.1, 0.15) is 31.7 Å².